The molecule has 0 fully saturated rings. The highest BCUT2D eigenvalue weighted by Crippen LogP contribution is 2.19. The number of carbonyl (C=O) groups is 1. The van der Waals surface area contributed by atoms with E-state index in [4.69, 9.17) is 5.73 Å². The zero-order chi connectivity index (χ0) is 13.0. The molecule has 1 aromatic carbocycles. The SMILES string of the molecule is CC(=O)c1ccc(NCC(C)C(C)C)cc1N. The molecule has 0 saturated heterocycles. The van der Waals surface area contributed by atoms with Crippen LogP contribution in [0.4, 0.5) is 11.4 Å². The fourth-order valence-corrected chi connectivity index (χ4v) is 1.51. The molecule has 3 N–H and O–H groups in total. The molecule has 3 heteroatoms. The molecule has 1 aromatic rings. The molecule has 0 radical (unpaired) electrons. The predicted molar refractivity (Wildman–Crippen MR) is 73.4 cm³/mol. The normalized spacial score (nSPS) is 12.5. The number of nitrogens with one attached hydrogen (secondary N) is 1. The first-order chi connectivity index (χ1) is 7.91. The van der Waals surface area contributed by atoms with Gasteiger partial charge in [0.15, 0.2) is 5.78 Å². The van der Waals surface area contributed by atoms with Gasteiger partial charge >= 0.3 is 0 Å². The molecule has 0 aromatic heterocycles. The van der Waals surface area contributed by atoms with Crippen LogP contribution in [0.5, 0.6) is 0 Å². The molecule has 0 spiro atoms. The lowest BCUT2D eigenvalue weighted by Crippen LogP contribution is -2.16. The summed E-state index contributed by atoms with van der Waals surface area (Å²) in [7, 11) is 0. The van der Waals surface area contributed by atoms with E-state index in [-0.39, 0.29) is 5.78 Å². The van der Waals surface area contributed by atoms with Gasteiger partial charge in [0.2, 0.25) is 0 Å². The van der Waals surface area contributed by atoms with Crippen molar-refractivity contribution in [3.05, 3.63) is 23.8 Å². The van der Waals surface area contributed by atoms with E-state index in [0.29, 0.717) is 23.1 Å². The molecule has 1 atom stereocenters. The van der Waals surface area contributed by atoms with Gasteiger partial charge in [0.05, 0.1) is 0 Å². The third-order valence-corrected chi connectivity index (χ3v) is 3.20. The monoisotopic (exact) mass is 234 g/mol. The molecule has 0 aliphatic rings. The standard InChI is InChI=1S/C14H22N2O/c1-9(2)10(3)8-16-12-5-6-13(11(4)17)14(15)7-12/h5-7,9-10,16H,8,15H2,1-4H3. The third-order valence-electron chi connectivity index (χ3n) is 3.20. The lowest BCUT2D eigenvalue weighted by atomic mass is 9.98. The van der Waals surface area contributed by atoms with Crippen LogP contribution in [0.25, 0.3) is 0 Å². The lowest BCUT2D eigenvalue weighted by molar-refractivity contribution is 0.101. The van der Waals surface area contributed by atoms with E-state index in [1.807, 2.05) is 12.1 Å². The van der Waals surface area contributed by atoms with Crippen molar-refractivity contribution in [3.8, 4) is 0 Å². The zero-order valence-electron chi connectivity index (χ0n) is 11.1. The molecule has 0 bridgehead atoms. The molecule has 1 unspecified atom stereocenters. The number of nitrogens with two attached hydrogens (primary N) is 1. The van der Waals surface area contributed by atoms with Crippen LogP contribution in [-0.2, 0) is 0 Å². The number of anilines is 2. The Bertz CT molecular complexity index is 399. The maximum absolute atomic E-state index is 11.2. The predicted octanol–water partition coefficient (Wildman–Crippen LogP) is 3.18. The van der Waals surface area contributed by atoms with Gasteiger partial charge in [0, 0.05) is 23.5 Å². The van der Waals surface area contributed by atoms with E-state index in [2.05, 4.69) is 26.1 Å². The Hall–Kier alpha value is -1.51. The van der Waals surface area contributed by atoms with Gasteiger partial charge in [-0.3, -0.25) is 4.79 Å². The average Bonchev–Trinajstić information content (AvgIpc) is 2.25. The molecule has 3 nitrogen and oxygen atoms in total. The molecule has 0 heterocycles. The van der Waals surface area contributed by atoms with Gasteiger partial charge < -0.3 is 11.1 Å². The summed E-state index contributed by atoms with van der Waals surface area (Å²) in [4.78, 5) is 11.2. The van der Waals surface area contributed by atoms with Crippen molar-refractivity contribution in [2.45, 2.75) is 27.7 Å². The van der Waals surface area contributed by atoms with Gasteiger partial charge in [0.1, 0.15) is 0 Å². The summed E-state index contributed by atoms with van der Waals surface area (Å²) in [6.45, 7) is 9.07. The third kappa shape index (κ3) is 3.77. The highest BCUT2D eigenvalue weighted by atomic mass is 16.1. The summed E-state index contributed by atoms with van der Waals surface area (Å²) < 4.78 is 0. The number of Topliss-reactive ketones (excluding diaryl/α,β-unsaturated/α-hetero) is 1. The van der Waals surface area contributed by atoms with Gasteiger partial charge in [-0.2, -0.15) is 0 Å². The minimum Gasteiger partial charge on any atom is -0.398 e. The van der Waals surface area contributed by atoms with Crippen molar-refractivity contribution in [1.82, 2.24) is 0 Å². The topological polar surface area (TPSA) is 55.1 Å². The van der Waals surface area contributed by atoms with Gasteiger partial charge in [-0.25, -0.2) is 0 Å². The van der Waals surface area contributed by atoms with Crippen molar-refractivity contribution < 1.29 is 4.79 Å². The largest absolute Gasteiger partial charge is 0.398 e. The molecular weight excluding hydrogens is 212 g/mol. The highest BCUT2D eigenvalue weighted by Gasteiger charge is 2.08. The van der Waals surface area contributed by atoms with Crippen LogP contribution >= 0.6 is 0 Å². The molecule has 0 saturated carbocycles. The fourth-order valence-electron chi connectivity index (χ4n) is 1.51. The minimum atomic E-state index is 0.00426. The number of benzene rings is 1. The van der Waals surface area contributed by atoms with E-state index in [1.54, 1.807) is 6.07 Å². The number of nitrogen functional groups attached to an aromatic ring is 1. The smallest absolute Gasteiger partial charge is 0.161 e. The van der Waals surface area contributed by atoms with Gasteiger partial charge in [-0.05, 0) is 37.0 Å². The molecule has 1 rings (SSSR count). The number of ketones is 1. The first-order valence-corrected chi connectivity index (χ1v) is 6.06. The number of hydrogen-bond acceptors (Lipinski definition) is 3. The second kappa shape index (κ2) is 5.71. The Labute approximate surface area is 103 Å². The van der Waals surface area contributed by atoms with Crippen molar-refractivity contribution in [1.29, 1.82) is 0 Å². The molecule has 0 amide bonds. The Morgan fingerprint density at radius 1 is 1.35 bits per heavy atom. The summed E-state index contributed by atoms with van der Waals surface area (Å²) in [5, 5.41) is 3.34. The van der Waals surface area contributed by atoms with Gasteiger partial charge in [-0.15, -0.1) is 0 Å². The summed E-state index contributed by atoms with van der Waals surface area (Å²) >= 11 is 0. The first-order valence-electron chi connectivity index (χ1n) is 6.06. The van der Waals surface area contributed by atoms with E-state index < -0.39 is 0 Å². The number of carbonyl (C=O) groups excluding carboxylic acids is 1. The van der Waals surface area contributed by atoms with Crippen LogP contribution in [0.2, 0.25) is 0 Å². The molecular formula is C14H22N2O. The van der Waals surface area contributed by atoms with Crippen LogP contribution in [0.3, 0.4) is 0 Å². The highest BCUT2D eigenvalue weighted by molar-refractivity contribution is 5.99. The van der Waals surface area contributed by atoms with Crippen molar-refractivity contribution in [2.24, 2.45) is 11.8 Å². The van der Waals surface area contributed by atoms with E-state index in [0.717, 1.165) is 12.2 Å². The lowest BCUT2D eigenvalue weighted by Gasteiger charge is -2.17. The second-order valence-electron chi connectivity index (χ2n) is 4.96. The van der Waals surface area contributed by atoms with Crippen LogP contribution in [0, 0.1) is 11.8 Å². The second-order valence-corrected chi connectivity index (χ2v) is 4.96. The summed E-state index contributed by atoms with van der Waals surface area (Å²) in [6.07, 6.45) is 0. The van der Waals surface area contributed by atoms with Crippen LogP contribution < -0.4 is 11.1 Å². The summed E-state index contributed by atoms with van der Waals surface area (Å²) in [6, 6.07) is 5.50. The van der Waals surface area contributed by atoms with Gasteiger partial charge in [0.25, 0.3) is 0 Å². The minimum absolute atomic E-state index is 0.00426. The van der Waals surface area contributed by atoms with Crippen molar-refractivity contribution >= 4 is 17.2 Å². The number of hydrogen-bond donors (Lipinski definition) is 2. The Kier molecular flexibility index (Phi) is 4.55. The average molecular weight is 234 g/mol. The Morgan fingerprint density at radius 2 is 2.00 bits per heavy atom. The van der Waals surface area contributed by atoms with Crippen LogP contribution in [0.1, 0.15) is 38.1 Å². The quantitative estimate of drug-likeness (QED) is 0.607. The van der Waals surface area contributed by atoms with Gasteiger partial charge in [-0.1, -0.05) is 20.8 Å². The molecule has 94 valence electrons. The maximum Gasteiger partial charge on any atom is 0.161 e. The molecule has 17 heavy (non-hydrogen) atoms. The Balaban J connectivity index is 2.68. The number of rotatable bonds is 5. The van der Waals surface area contributed by atoms with E-state index >= 15 is 0 Å². The van der Waals surface area contributed by atoms with Crippen LogP contribution in [0.15, 0.2) is 18.2 Å². The summed E-state index contributed by atoms with van der Waals surface area (Å²) in [5.41, 5.74) is 7.93. The van der Waals surface area contributed by atoms with E-state index in [1.165, 1.54) is 6.92 Å². The fraction of sp³-hybridized carbons (Fsp3) is 0.500. The first kappa shape index (κ1) is 13.6. The summed E-state index contributed by atoms with van der Waals surface area (Å²) in [5.74, 6) is 1.25. The molecule has 0 aliphatic carbocycles. The maximum atomic E-state index is 11.2. The molecule has 0 aliphatic heterocycles. The Morgan fingerprint density at radius 3 is 2.47 bits per heavy atom. The van der Waals surface area contributed by atoms with Crippen molar-refractivity contribution in [2.75, 3.05) is 17.6 Å². The van der Waals surface area contributed by atoms with Crippen molar-refractivity contribution in [3.63, 3.8) is 0 Å². The van der Waals surface area contributed by atoms with E-state index in [9.17, 15) is 4.79 Å². The zero-order valence-corrected chi connectivity index (χ0v) is 11.1. The van der Waals surface area contributed by atoms with Crippen LogP contribution in [-0.4, -0.2) is 12.3 Å².